The number of piperidine rings is 1. The smallest absolute Gasteiger partial charge is 0.257 e. The maximum absolute atomic E-state index is 12.5. The van der Waals surface area contributed by atoms with Gasteiger partial charge in [-0.2, -0.15) is 10.2 Å². The average molecular weight is 288 g/mol. The van der Waals surface area contributed by atoms with Crippen molar-refractivity contribution in [2.75, 3.05) is 18.8 Å². The number of carbonyl (C=O) groups excluding carboxylic acids is 1. The number of hydrogen-bond donors (Lipinski definition) is 1. The first-order valence-corrected chi connectivity index (χ1v) is 7.15. The Bertz CT molecular complexity index is 650. The standard InChI is InChI=1S/C14H20N6O/c1-10-12(9-18(2)16-10)14(21)19-6-3-11(4-7-19)20-8-5-13(15)17-20/h5,8-9,11H,3-4,6-7H2,1-2H3,(H2,15,17). The van der Waals surface area contributed by atoms with Gasteiger partial charge in [0.25, 0.3) is 5.91 Å². The Morgan fingerprint density at radius 3 is 2.57 bits per heavy atom. The normalized spacial score (nSPS) is 16.4. The lowest BCUT2D eigenvalue weighted by Crippen LogP contribution is -2.39. The molecule has 0 unspecified atom stereocenters. The Morgan fingerprint density at radius 1 is 1.33 bits per heavy atom. The van der Waals surface area contributed by atoms with Gasteiger partial charge in [-0.25, -0.2) is 0 Å². The zero-order valence-corrected chi connectivity index (χ0v) is 12.4. The van der Waals surface area contributed by atoms with E-state index in [9.17, 15) is 4.79 Å². The first kappa shape index (κ1) is 13.7. The minimum absolute atomic E-state index is 0.0685. The number of carbonyl (C=O) groups is 1. The van der Waals surface area contributed by atoms with E-state index in [2.05, 4.69) is 10.2 Å². The molecular weight excluding hydrogens is 268 g/mol. The molecule has 112 valence electrons. The van der Waals surface area contributed by atoms with E-state index in [1.54, 1.807) is 16.9 Å². The lowest BCUT2D eigenvalue weighted by molar-refractivity contribution is 0.0689. The number of amides is 1. The minimum atomic E-state index is 0.0685. The second-order valence-electron chi connectivity index (χ2n) is 5.55. The predicted molar refractivity (Wildman–Crippen MR) is 78.8 cm³/mol. The van der Waals surface area contributed by atoms with Gasteiger partial charge >= 0.3 is 0 Å². The number of nitrogen functional groups attached to an aromatic ring is 1. The topological polar surface area (TPSA) is 82.0 Å². The van der Waals surface area contributed by atoms with Gasteiger partial charge in [0.2, 0.25) is 0 Å². The lowest BCUT2D eigenvalue weighted by Gasteiger charge is -2.32. The molecule has 0 spiro atoms. The Morgan fingerprint density at radius 2 is 2.05 bits per heavy atom. The SMILES string of the molecule is Cc1nn(C)cc1C(=O)N1CCC(n2ccc(N)n2)CC1. The van der Waals surface area contributed by atoms with Crippen LogP contribution in [0.4, 0.5) is 5.82 Å². The van der Waals surface area contributed by atoms with Crippen LogP contribution >= 0.6 is 0 Å². The van der Waals surface area contributed by atoms with Gasteiger partial charge in [-0.1, -0.05) is 0 Å². The third-order valence-electron chi connectivity index (χ3n) is 4.00. The van der Waals surface area contributed by atoms with Crippen LogP contribution in [0.2, 0.25) is 0 Å². The summed E-state index contributed by atoms with van der Waals surface area (Å²) < 4.78 is 3.59. The summed E-state index contributed by atoms with van der Waals surface area (Å²) in [5.41, 5.74) is 7.13. The van der Waals surface area contributed by atoms with Crippen molar-refractivity contribution in [3.8, 4) is 0 Å². The fourth-order valence-electron chi connectivity index (χ4n) is 2.87. The van der Waals surface area contributed by atoms with Crippen LogP contribution in [-0.2, 0) is 7.05 Å². The van der Waals surface area contributed by atoms with E-state index in [-0.39, 0.29) is 5.91 Å². The number of aryl methyl sites for hydroxylation is 2. The van der Waals surface area contributed by atoms with Crippen molar-refractivity contribution in [2.45, 2.75) is 25.8 Å². The van der Waals surface area contributed by atoms with Crippen LogP contribution < -0.4 is 5.73 Å². The molecule has 0 atom stereocenters. The molecule has 0 aromatic carbocycles. The highest BCUT2D eigenvalue weighted by Crippen LogP contribution is 2.23. The van der Waals surface area contributed by atoms with E-state index < -0.39 is 0 Å². The molecule has 3 rings (SSSR count). The van der Waals surface area contributed by atoms with Gasteiger partial charge in [0.15, 0.2) is 0 Å². The summed E-state index contributed by atoms with van der Waals surface area (Å²) in [6.45, 7) is 3.34. The summed E-state index contributed by atoms with van der Waals surface area (Å²) in [4.78, 5) is 14.4. The number of hydrogen-bond acceptors (Lipinski definition) is 4. The highest BCUT2D eigenvalue weighted by Gasteiger charge is 2.26. The highest BCUT2D eigenvalue weighted by atomic mass is 16.2. The number of nitrogens with zero attached hydrogens (tertiary/aromatic N) is 5. The van der Waals surface area contributed by atoms with Crippen molar-refractivity contribution < 1.29 is 4.79 Å². The van der Waals surface area contributed by atoms with E-state index in [4.69, 9.17) is 5.73 Å². The maximum Gasteiger partial charge on any atom is 0.257 e. The van der Waals surface area contributed by atoms with Gasteiger partial charge in [-0.05, 0) is 25.8 Å². The summed E-state index contributed by atoms with van der Waals surface area (Å²) in [6.07, 6.45) is 5.49. The molecule has 0 aliphatic carbocycles. The zero-order chi connectivity index (χ0) is 15.0. The molecule has 3 heterocycles. The Labute approximate surface area is 123 Å². The first-order valence-electron chi connectivity index (χ1n) is 7.15. The zero-order valence-electron chi connectivity index (χ0n) is 12.4. The number of rotatable bonds is 2. The van der Waals surface area contributed by atoms with Crippen molar-refractivity contribution in [1.82, 2.24) is 24.5 Å². The van der Waals surface area contributed by atoms with Crippen LogP contribution in [0.5, 0.6) is 0 Å². The number of anilines is 1. The molecule has 21 heavy (non-hydrogen) atoms. The molecule has 0 saturated carbocycles. The molecule has 0 radical (unpaired) electrons. The van der Waals surface area contributed by atoms with Crippen LogP contribution in [0.1, 0.15) is 34.9 Å². The number of aromatic nitrogens is 4. The maximum atomic E-state index is 12.5. The van der Waals surface area contributed by atoms with Crippen molar-refractivity contribution in [3.05, 3.63) is 29.7 Å². The van der Waals surface area contributed by atoms with E-state index in [1.807, 2.05) is 29.7 Å². The molecule has 0 bridgehead atoms. The monoisotopic (exact) mass is 288 g/mol. The molecule has 2 aromatic rings. The van der Waals surface area contributed by atoms with Crippen molar-refractivity contribution in [2.24, 2.45) is 7.05 Å². The fourth-order valence-corrected chi connectivity index (χ4v) is 2.87. The van der Waals surface area contributed by atoms with Crippen molar-refractivity contribution >= 4 is 11.7 Å². The van der Waals surface area contributed by atoms with Crippen molar-refractivity contribution in [3.63, 3.8) is 0 Å². The average Bonchev–Trinajstić information content (AvgIpc) is 3.04. The summed E-state index contributed by atoms with van der Waals surface area (Å²) in [5.74, 6) is 0.610. The largest absolute Gasteiger partial charge is 0.382 e. The Kier molecular flexibility index (Phi) is 3.40. The van der Waals surface area contributed by atoms with Crippen LogP contribution in [0.25, 0.3) is 0 Å². The van der Waals surface area contributed by atoms with Crippen LogP contribution in [0.15, 0.2) is 18.5 Å². The third-order valence-corrected chi connectivity index (χ3v) is 4.00. The Hall–Kier alpha value is -2.31. The lowest BCUT2D eigenvalue weighted by atomic mass is 10.0. The van der Waals surface area contributed by atoms with Gasteiger partial charge in [-0.3, -0.25) is 14.2 Å². The molecule has 1 saturated heterocycles. The molecule has 1 aliphatic rings. The second-order valence-corrected chi connectivity index (χ2v) is 5.55. The molecule has 1 aliphatic heterocycles. The van der Waals surface area contributed by atoms with E-state index in [1.165, 1.54) is 0 Å². The molecule has 2 aromatic heterocycles. The van der Waals surface area contributed by atoms with Gasteiger partial charge < -0.3 is 10.6 Å². The quantitative estimate of drug-likeness (QED) is 0.893. The number of nitrogens with two attached hydrogens (primary N) is 1. The predicted octanol–water partition coefficient (Wildman–Crippen LogP) is 0.985. The first-order chi connectivity index (χ1) is 10.0. The fraction of sp³-hybridized carbons (Fsp3) is 0.500. The summed E-state index contributed by atoms with van der Waals surface area (Å²) in [5, 5.41) is 8.49. The van der Waals surface area contributed by atoms with Gasteiger partial charge in [0.1, 0.15) is 5.82 Å². The van der Waals surface area contributed by atoms with Gasteiger partial charge in [-0.15, -0.1) is 0 Å². The second kappa shape index (κ2) is 5.23. The third kappa shape index (κ3) is 2.63. The minimum Gasteiger partial charge on any atom is -0.382 e. The molecular formula is C14H20N6O. The summed E-state index contributed by atoms with van der Waals surface area (Å²) >= 11 is 0. The van der Waals surface area contributed by atoms with E-state index >= 15 is 0 Å². The summed E-state index contributed by atoms with van der Waals surface area (Å²) in [6, 6.07) is 2.12. The van der Waals surface area contributed by atoms with Crippen LogP contribution in [0, 0.1) is 6.92 Å². The van der Waals surface area contributed by atoms with Gasteiger partial charge in [0, 0.05) is 32.5 Å². The molecule has 2 N–H and O–H groups in total. The van der Waals surface area contributed by atoms with Gasteiger partial charge in [0.05, 0.1) is 17.3 Å². The molecule has 7 heteroatoms. The van der Waals surface area contributed by atoms with E-state index in [0.29, 0.717) is 17.4 Å². The van der Waals surface area contributed by atoms with E-state index in [0.717, 1.165) is 31.6 Å². The highest BCUT2D eigenvalue weighted by molar-refractivity contribution is 5.95. The summed E-state index contributed by atoms with van der Waals surface area (Å²) in [7, 11) is 1.83. The molecule has 1 amide bonds. The molecule has 1 fully saturated rings. The number of likely N-dealkylation sites (tertiary alicyclic amines) is 1. The molecule has 7 nitrogen and oxygen atoms in total. The van der Waals surface area contributed by atoms with Crippen LogP contribution in [0.3, 0.4) is 0 Å². The van der Waals surface area contributed by atoms with Crippen molar-refractivity contribution in [1.29, 1.82) is 0 Å². The Balaban J connectivity index is 1.65. The van der Waals surface area contributed by atoms with Crippen LogP contribution in [-0.4, -0.2) is 43.5 Å².